The SMILES string of the molecule is CCCc1ccccc1C[C@H]([C@H](C)O)n1cnc2c(N)ncnc21. The molecule has 0 aliphatic carbocycles. The van der Waals surface area contributed by atoms with Gasteiger partial charge >= 0.3 is 0 Å². The molecule has 0 saturated heterocycles. The molecule has 0 aliphatic heterocycles. The molecule has 6 nitrogen and oxygen atoms in total. The van der Waals surface area contributed by atoms with E-state index in [1.165, 1.54) is 17.5 Å². The van der Waals surface area contributed by atoms with E-state index in [0.29, 0.717) is 23.4 Å². The molecule has 2 aromatic heterocycles. The molecule has 0 fully saturated rings. The van der Waals surface area contributed by atoms with Gasteiger partial charge in [0.25, 0.3) is 0 Å². The molecule has 0 radical (unpaired) electrons. The fraction of sp³-hybridized carbons (Fsp3) is 0.389. The fourth-order valence-electron chi connectivity index (χ4n) is 3.11. The number of hydrogen-bond donors (Lipinski definition) is 2. The molecule has 3 rings (SSSR count). The van der Waals surface area contributed by atoms with Gasteiger partial charge in [0.2, 0.25) is 0 Å². The summed E-state index contributed by atoms with van der Waals surface area (Å²) in [6.45, 7) is 3.97. The Bertz CT molecular complexity index is 827. The molecule has 2 atom stereocenters. The van der Waals surface area contributed by atoms with Gasteiger partial charge in [0.15, 0.2) is 11.5 Å². The first kappa shape index (κ1) is 16.4. The molecule has 2 heterocycles. The zero-order valence-electron chi connectivity index (χ0n) is 14.1. The highest BCUT2D eigenvalue weighted by Gasteiger charge is 2.22. The average Bonchev–Trinajstić information content (AvgIpc) is 2.99. The van der Waals surface area contributed by atoms with Gasteiger partial charge in [-0.15, -0.1) is 0 Å². The van der Waals surface area contributed by atoms with Gasteiger partial charge in [-0.05, 0) is 30.9 Å². The topological polar surface area (TPSA) is 89.8 Å². The fourth-order valence-corrected chi connectivity index (χ4v) is 3.11. The highest BCUT2D eigenvalue weighted by atomic mass is 16.3. The van der Waals surface area contributed by atoms with Crippen molar-refractivity contribution in [2.24, 2.45) is 0 Å². The summed E-state index contributed by atoms with van der Waals surface area (Å²) in [5, 5.41) is 10.4. The lowest BCUT2D eigenvalue weighted by atomic mass is 9.95. The zero-order chi connectivity index (χ0) is 17.1. The van der Waals surface area contributed by atoms with Crippen molar-refractivity contribution < 1.29 is 5.11 Å². The zero-order valence-corrected chi connectivity index (χ0v) is 14.1. The Labute approximate surface area is 141 Å². The number of rotatable bonds is 6. The Morgan fingerprint density at radius 3 is 2.62 bits per heavy atom. The van der Waals surface area contributed by atoms with Crippen LogP contribution >= 0.6 is 0 Å². The van der Waals surface area contributed by atoms with Gasteiger partial charge in [0.05, 0.1) is 18.5 Å². The lowest BCUT2D eigenvalue weighted by molar-refractivity contribution is 0.131. The van der Waals surface area contributed by atoms with Crippen LogP contribution in [0, 0.1) is 0 Å². The minimum absolute atomic E-state index is 0.165. The second-order valence-corrected chi connectivity index (χ2v) is 6.11. The first-order chi connectivity index (χ1) is 11.6. The normalized spacial score (nSPS) is 14.0. The molecule has 6 heteroatoms. The number of nitrogen functional groups attached to an aromatic ring is 1. The van der Waals surface area contributed by atoms with Crippen LogP contribution in [0.1, 0.15) is 37.4 Å². The van der Waals surface area contributed by atoms with Crippen molar-refractivity contribution in [3.05, 3.63) is 48.0 Å². The lowest BCUT2D eigenvalue weighted by Gasteiger charge is -2.23. The summed E-state index contributed by atoms with van der Waals surface area (Å²) >= 11 is 0. The molecule has 0 saturated carbocycles. The van der Waals surface area contributed by atoms with Crippen LogP contribution in [0.2, 0.25) is 0 Å². The number of fused-ring (bicyclic) bond motifs is 1. The van der Waals surface area contributed by atoms with E-state index in [2.05, 4.69) is 40.1 Å². The van der Waals surface area contributed by atoms with Crippen molar-refractivity contribution in [2.45, 2.75) is 45.3 Å². The monoisotopic (exact) mass is 325 g/mol. The number of imidazole rings is 1. The van der Waals surface area contributed by atoms with E-state index in [1.807, 2.05) is 10.6 Å². The predicted molar refractivity (Wildman–Crippen MR) is 94.6 cm³/mol. The summed E-state index contributed by atoms with van der Waals surface area (Å²) in [4.78, 5) is 12.6. The van der Waals surface area contributed by atoms with Crippen LogP contribution in [0.15, 0.2) is 36.9 Å². The number of nitrogens with zero attached hydrogens (tertiary/aromatic N) is 4. The standard InChI is InChI=1S/C18H23N5O/c1-3-6-13-7-4-5-8-14(13)9-15(12(2)24)23-11-22-16-17(19)20-10-21-18(16)23/h4-5,7-8,10-12,15,24H,3,6,9H2,1-2H3,(H2,19,20,21)/t12-,15+/m0/s1. The molecule has 0 amide bonds. The van der Waals surface area contributed by atoms with E-state index in [4.69, 9.17) is 5.73 Å². The Hall–Kier alpha value is -2.47. The van der Waals surface area contributed by atoms with Crippen LogP contribution in [-0.4, -0.2) is 30.7 Å². The maximum Gasteiger partial charge on any atom is 0.165 e. The Morgan fingerprint density at radius 1 is 1.17 bits per heavy atom. The highest BCUT2D eigenvalue weighted by Crippen LogP contribution is 2.26. The summed E-state index contributed by atoms with van der Waals surface area (Å²) < 4.78 is 1.90. The summed E-state index contributed by atoms with van der Waals surface area (Å²) in [6.07, 6.45) is 5.41. The average molecular weight is 325 g/mol. The maximum atomic E-state index is 10.4. The first-order valence-electron chi connectivity index (χ1n) is 8.29. The largest absolute Gasteiger partial charge is 0.391 e. The molecular formula is C18H23N5O. The molecule has 3 N–H and O–H groups in total. The van der Waals surface area contributed by atoms with Crippen molar-refractivity contribution in [3.8, 4) is 0 Å². The van der Waals surface area contributed by atoms with Crippen molar-refractivity contribution in [2.75, 3.05) is 5.73 Å². The van der Waals surface area contributed by atoms with E-state index >= 15 is 0 Å². The van der Waals surface area contributed by atoms with Gasteiger partial charge in [-0.1, -0.05) is 37.6 Å². The van der Waals surface area contributed by atoms with Gasteiger partial charge in [0.1, 0.15) is 11.8 Å². The van der Waals surface area contributed by atoms with Crippen molar-refractivity contribution in [1.82, 2.24) is 19.5 Å². The van der Waals surface area contributed by atoms with E-state index < -0.39 is 6.10 Å². The molecule has 0 aliphatic rings. The van der Waals surface area contributed by atoms with Crippen LogP contribution in [0.3, 0.4) is 0 Å². The Kier molecular flexibility index (Phi) is 4.76. The third kappa shape index (κ3) is 3.10. The molecule has 0 bridgehead atoms. The molecule has 0 spiro atoms. The number of benzene rings is 1. The van der Waals surface area contributed by atoms with Gasteiger partial charge in [-0.3, -0.25) is 0 Å². The Balaban J connectivity index is 2.00. The third-order valence-electron chi connectivity index (χ3n) is 4.37. The number of aryl methyl sites for hydroxylation is 1. The van der Waals surface area contributed by atoms with Crippen LogP contribution in [-0.2, 0) is 12.8 Å². The molecule has 1 aromatic carbocycles. The second-order valence-electron chi connectivity index (χ2n) is 6.11. The smallest absolute Gasteiger partial charge is 0.165 e. The maximum absolute atomic E-state index is 10.4. The minimum atomic E-state index is -0.548. The van der Waals surface area contributed by atoms with Crippen LogP contribution < -0.4 is 5.73 Å². The van der Waals surface area contributed by atoms with Gasteiger partial charge < -0.3 is 15.4 Å². The number of aliphatic hydroxyl groups is 1. The first-order valence-corrected chi connectivity index (χ1v) is 8.29. The number of aromatic nitrogens is 4. The van der Waals surface area contributed by atoms with Gasteiger partial charge in [0, 0.05) is 0 Å². The van der Waals surface area contributed by atoms with Crippen molar-refractivity contribution >= 4 is 17.0 Å². The van der Waals surface area contributed by atoms with E-state index in [-0.39, 0.29) is 6.04 Å². The van der Waals surface area contributed by atoms with E-state index in [9.17, 15) is 5.11 Å². The van der Waals surface area contributed by atoms with Crippen molar-refractivity contribution in [3.63, 3.8) is 0 Å². The van der Waals surface area contributed by atoms with Gasteiger partial charge in [-0.2, -0.15) is 0 Å². The summed E-state index contributed by atoms with van der Waals surface area (Å²) in [7, 11) is 0. The van der Waals surface area contributed by atoms with E-state index in [0.717, 1.165) is 12.8 Å². The predicted octanol–water partition coefficient (Wildman–Crippen LogP) is 2.53. The second kappa shape index (κ2) is 6.97. The summed E-state index contributed by atoms with van der Waals surface area (Å²) in [5.74, 6) is 0.356. The van der Waals surface area contributed by atoms with Crippen LogP contribution in [0.5, 0.6) is 0 Å². The van der Waals surface area contributed by atoms with Crippen molar-refractivity contribution in [1.29, 1.82) is 0 Å². The van der Waals surface area contributed by atoms with Gasteiger partial charge in [-0.25, -0.2) is 15.0 Å². The van der Waals surface area contributed by atoms with Crippen LogP contribution in [0.25, 0.3) is 11.2 Å². The molecule has 24 heavy (non-hydrogen) atoms. The molecule has 3 aromatic rings. The third-order valence-corrected chi connectivity index (χ3v) is 4.37. The molecular weight excluding hydrogens is 302 g/mol. The number of anilines is 1. The molecule has 0 unspecified atom stereocenters. The number of aliphatic hydroxyl groups excluding tert-OH is 1. The summed E-state index contributed by atoms with van der Waals surface area (Å²) in [6, 6.07) is 8.22. The minimum Gasteiger partial charge on any atom is -0.391 e. The number of hydrogen-bond acceptors (Lipinski definition) is 5. The highest BCUT2D eigenvalue weighted by molar-refractivity contribution is 5.81. The Morgan fingerprint density at radius 2 is 1.92 bits per heavy atom. The lowest BCUT2D eigenvalue weighted by Crippen LogP contribution is -2.24. The van der Waals surface area contributed by atoms with Crippen LogP contribution in [0.4, 0.5) is 5.82 Å². The molecule has 126 valence electrons. The quantitative estimate of drug-likeness (QED) is 0.727. The van der Waals surface area contributed by atoms with E-state index in [1.54, 1.807) is 13.3 Å². The summed E-state index contributed by atoms with van der Waals surface area (Å²) in [5.41, 5.74) is 9.67. The number of nitrogens with two attached hydrogens (primary N) is 1.